The van der Waals surface area contributed by atoms with Crippen molar-refractivity contribution in [2.45, 2.75) is 6.61 Å². The van der Waals surface area contributed by atoms with Gasteiger partial charge in [0.15, 0.2) is 5.78 Å². The number of carbonyl (C=O) groups excluding carboxylic acids is 1. The summed E-state index contributed by atoms with van der Waals surface area (Å²) in [4.78, 5) is 11.2. The zero-order chi connectivity index (χ0) is 11.4. The maximum Gasteiger partial charge on any atom is 0.387 e. The lowest BCUT2D eigenvalue weighted by Gasteiger charge is -2.06. The number of carbonyl (C=O) groups is 1. The maximum absolute atomic E-state index is 11.8. The van der Waals surface area contributed by atoms with Crippen LogP contribution in [0.3, 0.4) is 0 Å². The fraction of sp³-hybridized carbons (Fsp3) is 0.222. The van der Waals surface area contributed by atoms with E-state index in [9.17, 15) is 13.6 Å². The molecule has 0 heterocycles. The van der Waals surface area contributed by atoms with Gasteiger partial charge in [-0.1, -0.05) is 27.5 Å². The van der Waals surface area contributed by atoms with Crippen LogP contribution in [-0.2, 0) is 0 Å². The molecule has 2 nitrogen and oxygen atoms in total. The number of ketones is 1. The van der Waals surface area contributed by atoms with Gasteiger partial charge in [0.2, 0.25) is 0 Å². The summed E-state index contributed by atoms with van der Waals surface area (Å²) in [7, 11) is 0. The van der Waals surface area contributed by atoms with Gasteiger partial charge in [0.1, 0.15) is 5.75 Å². The minimum absolute atomic E-state index is 0.0684. The average molecular weight is 299 g/mol. The van der Waals surface area contributed by atoms with Crippen molar-refractivity contribution in [1.29, 1.82) is 0 Å². The Balaban J connectivity index is 2.93. The van der Waals surface area contributed by atoms with Crippen LogP contribution >= 0.6 is 27.5 Å². The first kappa shape index (κ1) is 12.4. The molecule has 0 unspecified atom stereocenters. The van der Waals surface area contributed by atoms with E-state index >= 15 is 0 Å². The molecule has 0 aliphatic heterocycles. The number of hydrogen-bond acceptors (Lipinski definition) is 2. The van der Waals surface area contributed by atoms with E-state index in [2.05, 4.69) is 20.7 Å². The van der Waals surface area contributed by atoms with Crippen LogP contribution in [0.15, 0.2) is 18.2 Å². The smallest absolute Gasteiger partial charge is 0.387 e. The summed E-state index contributed by atoms with van der Waals surface area (Å²) in [6.45, 7) is -2.90. The average Bonchev–Trinajstić information content (AvgIpc) is 2.16. The highest BCUT2D eigenvalue weighted by Crippen LogP contribution is 2.24. The van der Waals surface area contributed by atoms with Gasteiger partial charge < -0.3 is 4.74 Å². The fourth-order valence-electron chi connectivity index (χ4n) is 0.970. The monoisotopic (exact) mass is 298 g/mol. The van der Waals surface area contributed by atoms with Crippen LogP contribution < -0.4 is 4.74 Å². The molecule has 0 saturated heterocycles. The summed E-state index contributed by atoms with van der Waals surface area (Å²) in [6, 6.07) is 3.81. The summed E-state index contributed by atoms with van der Waals surface area (Å²) in [5, 5.41) is 0.222. The normalized spacial score (nSPS) is 10.5. The topological polar surface area (TPSA) is 26.3 Å². The molecule has 6 heteroatoms. The zero-order valence-corrected chi connectivity index (χ0v) is 9.69. The van der Waals surface area contributed by atoms with Crippen LogP contribution in [-0.4, -0.2) is 17.7 Å². The number of ether oxygens (including phenoxy) is 1. The molecule has 0 aromatic heterocycles. The van der Waals surface area contributed by atoms with E-state index in [1.54, 1.807) is 0 Å². The molecule has 0 bridgehead atoms. The largest absolute Gasteiger partial charge is 0.435 e. The van der Waals surface area contributed by atoms with Crippen LogP contribution in [0, 0.1) is 0 Å². The fourth-order valence-corrected chi connectivity index (χ4v) is 1.55. The summed E-state index contributed by atoms with van der Waals surface area (Å²) < 4.78 is 27.8. The quantitative estimate of drug-likeness (QED) is 0.628. The second-order valence-electron chi connectivity index (χ2n) is 2.58. The summed E-state index contributed by atoms with van der Waals surface area (Å²) in [5.74, 6) is -0.287. The molecule has 0 saturated carbocycles. The van der Waals surface area contributed by atoms with E-state index in [1.807, 2.05) is 0 Å². The van der Waals surface area contributed by atoms with Crippen molar-refractivity contribution in [1.82, 2.24) is 0 Å². The molecule has 82 valence electrons. The number of hydrogen-bond donors (Lipinski definition) is 0. The van der Waals surface area contributed by atoms with E-state index in [0.29, 0.717) is 0 Å². The Kier molecular flexibility index (Phi) is 4.47. The van der Waals surface area contributed by atoms with Crippen molar-refractivity contribution in [3.8, 4) is 5.75 Å². The second kappa shape index (κ2) is 5.42. The predicted octanol–water partition coefficient (Wildman–Crippen LogP) is 3.52. The SMILES string of the molecule is O=C(CBr)c1ccc(OC(F)F)cc1Cl. The maximum atomic E-state index is 11.8. The van der Waals surface area contributed by atoms with Gasteiger partial charge in [0, 0.05) is 5.56 Å². The number of rotatable bonds is 4. The number of benzene rings is 1. The van der Waals surface area contributed by atoms with E-state index in [1.165, 1.54) is 18.2 Å². The van der Waals surface area contributed by atoms with Crippen molar-refractivity contribution < 1.29 is 18.3 Å². The lowest BCUT2D eigenvalue weighted by Crippen LogP contribution is -2.04. The van der Waals surface area contributed by atoms with Gasteiger partial charge in [-0.05, 0) is 18.2 Å². The first-order valence-electron chi connectivity index (χ1n) is 3.88. The van der Waals surface area contributed by atoms with Gasteiger partial charge in [-0.15, -0.1) is 0 Å². The molecule has 0 fully saturated rings. The molecule has 0 spiro atoms. The molecule has 1 rings (SSSR count). The van der Waals surface area contributed by atoms with Crippen molar-refractivity contribution in [2.75, 3.05) is 5.33 Å². The molecule has 0 N–H and O–H groups in total. The minimum Gasteiger partial charge on any atom is -0.435 e. The Labute approximate surface area is 98.3 Å². The summed E-state index contributed by atoms with van der Waals surface area (Å²) >= 11 is 8.70. The summed E-state index contributed by atoms with van der Waals surface area (Å²) in [5.41, 5.74) is 0.273. The highest BCUT2D eigenvalue weighted by molar-refractivity contribution is 9.09. The van der Waals surface area contributed by atoms with Gasteiger partial charge >= 0.3 is 6.61 Å². The first-order valence-corrected chi connectivity index (χ1v) is 5.38. The van der Waals surface area contributed by atoms with Crippen molar-refractivity contribution >= 4 is 33.3 Å². The second-order valence-corrected chi connectivity index (χ2v) is 3.54. The predicted molar refractivity (Wildman–Crippen MR) is 56.2 cm³/mol. The van der Waals surface area contributed by atoms with Crippen LogP contribution in [0.5, 0.6) is 5.75 Å². The van der Waals surface area contributed by atoms with E-state index < -0.39 is 6.61 Å². The van der Waals surface area contributed by atoms with Crippen LogP contribution in [0.4, 0.5) is 8.78 Å². The molecular weight excluding hydrogens is 293 g/mol. The third-order valence-corrected chi connectivity index (χ3v) is 2.41. The zero-order valence-electron chi connectivity index (χ0n) is 7.34. The van der Waals surface area contributed by atoms with Gasteiger partial charge in [-0.2, -0.15) is 8.78 Å². The third kappa shape index (κ3) is 3.43. The molecule has 0 aliphatic rings. The van der Waals surface area contributed by atoms with Gasteiger partial charge in [-0.3, -0.25) is 4.79 Å². The molecule has 1 aromatic carbocycles. The van der Waals surface area contributed by atoms with Gasteiger partial charge in [0.05, 0.1) is 10.4 Å². The number of halogens is 4. The van der Waals surface area contributed by atoms with Crippen LogP contribution in [0.25, 0.3) is 0 Å². The Bertz CT molecular complexity index is 371. The molecule has 0 amide bonds. The number of alkyl halides is 3. The lowest BCUT2D eigenvalue weighted by molar-refractivity contribution is -0.0498. The van der Waals surface area contributed by atoms with Crippen LogP contribution in [0.1, 0.15) is 10.4 Å². The van der Waals surface area contributed by atoms with Crippen molar-refractivity contribution in [2.24, 2.45) is 0 Å². The molecule has 15 heavy (non-hydrogen) atoms. The van der Waals surface area contributed by atoms with Gasteiger partial charge in [0.25, 0.3) is 0 Å². The summed E-state index contributed by atoms with van der Waals surface area (Å²) in [6.07, 6.45) is 0. The highest BCUT2D eigenvalue weighted by atomic mass is 79.9. The van der Waals surface area contributed by atoms with Crippen LogP contribution in [0.2, 0.25) is 5.02 Å². The highest BCUT2D eigenvalue weighted by Gasteiger charge is 2.11. The molecule has 0 radical (unpaired) electrons. The molecule has 0 aliphatic carbocycles. The Morgan fingerprint density at radius 1 is 1.53 bits per heavy atom. The Morgan fingerprint density at radius 2 is 2.20 bits per heavy atom. The van der Waals surface area contributed by atoms with E-state index in [-0.39, 0.29) is 27.4 Å². The third-order valence-electron chi connectivity index (χ3n) is 1.59. The van der Waals surface area contributed by atoms with Crippen molar-refractivity contribution in [3.63, 3.8) is 0 Å². The lowest BCUT2D eigenvalue weighted by atomic mass is 10.1. The molecule has 1 aromatic rings. The molecular formula is C9H6BrClF2O2. The van der Waals surface area contributed by atoms with Gasteiger partial charge in [-0.25, -0.2) is 0 Å². The standard InChI is InChI=1S/C9H6BrClF2O2/c10-4-8(14)6-2-1-5(3-7(6)11)15-9(12)13/h1-3,9H,4H2. The van der Waals surface area contributed by atoms with E-state index in [4.69, 9.17) is 11.6 Å². The van der Waals surface area contributed by atoms with Crippen molar-refractivity contribution in [3.05, 3.63) is 28.8 Å². The molecule has 0 atom stereocenters. The Morgan fingerprint density at radius 3 is 2.67 bits per heavy atom. The van der Waals surface area contributed by atoms with E-state index in [0.717, 1.165) is 0 Å². The Hall–Kier alpha value is -0.680. The number of Topliss-reactive ketones (excluding diaryl/α,β-unsaturated/α-hetero) is 1. The minimum atomic E-state index is -2.90. The first-order chi connectivity index (χ1) is 7.04.